The molecule has 3 aliphatic rings. The molecule has 0 saturated heterocycles. The van der Waals surface area contributed by atoms with E-state index in [0.29, 0.717) is 24.9 Å². The summed E-state index contributed by atoms with van der Waals surface area (Å²) < 4.78 is 0. The third-order valence-electron chi connectivity index (χ3n) is 7.75. The van der Waals surface area contributed by atoms with E-state index >= 15 is 0 Å². The fraction of sp³-hybridized carbons (Fsp3) is 0.538. The van der Waals surface area contributed by atoms with Gasteiger partial charge in [-0.15, -0.1) is 0 Å². The van der Waals surface area contributed by atoms with Crippen molar-refractivity contribution in [1.82, 2.24) is 5.32 Å². The largest absolute Gasteiger partial charge is 0.512 e. The number of Topliss-reactive ketones (excluding diaryl/α,β-unsaturated/α-hetero) is 1. The minimum atomic E-state index is -1.97. The van der Waals surface area contributed by atoms with Crippen molar-refractivity contribution in [2.24, 2.45) is 23.5 Å². The second kappa shape index (κ2) is 8.87. The first-order chi connectivity index (χ1) is 16.4. The third kappa shape index (κ3) is 3.87. The molecule has 3 unspecified atom stereocenters. The number of hydrogen-bond acceptors (Lipinski definition) is 8. The molecule has 0 aliphatic heterocycles. The number of rotatable bonds is 6. The number of carbonyl (C=O) groups is 2. The molecule has 190 valence electrons. The van der Waals surface area contributed by atoms with Crippen LogP contribution >= 0.6 is 0 Å². The van der Waals surface area contributed by atoms with E-state index in [1.54, 1.807) is 0 Å². The highest BCUT2D eigenvalue weighted by Crippen LogP contribution is 2.54. The fourth-order valence-corrected chi connectivity index (χ4v) is 6.33. The second-order valence-electron chi connectivity index (χ2n) is 10.4. The predicted molar refractivity (Wildman–Crippen MR) is 132 cm³/mol. The Kier molecular flexibility index (Phi) is 6.36. The van der Waals surface area contributed by atoms with E-state index in [0.717, 1.165) is 24.2 Å². The van der Waals surface area contributed by atoms with Crippen molar-refractivity contribution in [1.29, 1.82) is 0 Å². The predicted octanol–water partition coefficient (Wildman–Crippen LogP) is 2.06. The van der Waals surface area contributed by atoms with Gasteiger partial charge in [0.05, 0.1) is 17.1 Å². The van der Waals surface area contributed by atoms with E-state index in [-0.39, 0.29) is 46.3 Å². The number of phenolic OH excluding ortho intramolecular Hbond substituents is 1. The van der Waals surface area contributed by atoms with E-state index in [1.165, 1.54) is 6.92 Å². The van der Waals surface area contributed by atoms with Crippen molar-refractivity contribution >= 4 is 23.1 Å². The zero-order valence-corrected chi connectivity index (χ0v) is 20.7. The monoisotopic (exact) mass is 485 g/mol. The topological polar surface area (TPSA) is 156 Å². The molecule has 3 aliphatic carbocycles. The summed E-state index contributed by atoms with van der Waals surface area (Å²) >= 11 is 0. The second-order valence-corrected chi connectivity index (χ2v) is 10.4. The Bertz CT molecular complexity index is 1150. The number of hydrogen-bond donors (Lipinski definition) is 6. The molecule has 1 saturated carbocycles. The summed E-state index contributed by atoms with van der Waals surface area (Å²) in [6.45, 7) is 4.52. The van der Waals surface area contributed by atoms with Crippen LogP contribution in [0.5, 0.6) is 5.75 Å². The van der Waals surface area contributed by atoms with Crippen LogP contribution in [0.4, 0.5) is 5.69 Å². The van der Waals surface area contributed by atoms with Gasteiger partial charge in [-0.2, -0.15) is 0 Å². The van der Waals surface area contributed by atoms with Gasteiger partial charge in [-0.1, -0.05) is 6.92 Å². The van der Waals surface area contributed by atoms with Crippen LogP contribution in [0, 0.1) is 17.8 Å². The number of primary amides is 1. The number of nitrogens with zero attached hydrogens (tertiary/aromatic N) is 1. The Labute approximate surface area is 204 Å². The quantitative estimate of drug-likeness (QED) is 0.334. The molecule has 7 N–H and O–H groups in total. The van der Waals surface area contributed by atoms with Crippen LogP contribution in [-0.4, -0.2) is 58.4 Å². The maximum absolute atomic E-state index is 13.8. The van der Waals surface area contributed by atoms with E-state index < -0.39 is 29.1 Å². The molecule has 35 heavy (non-hydrogen) atoms. The number of nitrogens with one attached hydrogen (secondary N) is 1. The van der Waals surface area contributed by atoms with E-state index in [4.69, 9.17) is 5.73 Å². The molecule has 1 amide bonds. The molecule has 9 nitrogen and oxygen atoms in total. The third-order valence-corrected chi connectivity index (χ3v) is 7.75. The number of carbonyl (C=O) groups excluding carboxylic acids is 2. The lowest BCUT2D eigenvalue weighted by Crippen LogP contribution is -2.55. The van der Waals surface area contributed by atoms with E-state index in [2.05, 4.69) is 5.32 Å². The van der Waals surface area contributed by atoms with Gasteiger partial charge in [-0.05, 0) is 56.2 Å². The lowest BCUT2D eigenvalue weighted by molar-refractivity contribution is -0.136. The summed E-state index contributed by atoms with van der Waals surface area (Å²) in [5.41, 5.74) is 5.70. The first kappa shape index (κ1) is 25.1. The van der Waals surface area contributed by atoms with Crippen LogP contribution in [-0.2, 0) is 22.6 Å². The number of amides is 1. The lowest BCUT2D eigenvalue weighted by atomic mass is 9.57. The summed E-state index contributed by atoms with van der Waals surface area (Å²) in [5.74, 6) is -3.92. The van der Waals surface area contributed by atoms with E-state index in [1.807, 2.05) is 32.0 Å². The SMILES string of the molecule is CCCNCc1cc(N(C)C)c2c(c1O)C(O)=C1C(=O)C3C(CC(O)=C(C(N)=O)[C@]3(C)O)CC1C2. The van der Waals surface area contributed by atoms with Crippen LogP contribution < -0.4 is 16.0 Å². The number of ketones is 1. The molecular formula is C26H35N3O6. The van der Waals surface area contributed by atoms with Gasteiger partial charge in [-0.3, -0.25) is 9.59 Å². The van der Waals surface area contributed by atoms with Gasteiger partial charge in [0.25, 0.3) is 5.91 Å². The van der Waals surface area contributed by atoms with Gasteiger partial charge in [0.2, 0.25) is 0 Å². The minimum Gasteiger partial charge on any atom is -0.512 e. The van der Waals surface area contributed by atoms with Crippen molar-refractivity contribution in [3.63, 3.8) is 0 Å². The van der Waals surface area contributed by atoms with Gasteiger partial charge < -0.3 is 36.4 Å². The van der Waals surface area contributed by atoms with Gasteiger partial charge in [0.1, 0.15) is 22.9 Å². The van der Waals surface area contributed by atoms with Crippen molar-refractivity contribution in [2.45, 2.75) is 51.7 Å². The van der Waals surface area contributed by atoms with Crippen molar-refractivity contribution in [3.8, 4) is 5.75 Å². The number of nitrogens with two attached hydrogens (primary N) is 1. The van der Waals surface area contributed by atoms with Gasteiger partial charge in [-0.25, -0.2) is 0 Å². The summed E-state index contributed by atoms with van der Waals surface area (Å²) in [6.07, 6.45) is 1.82. The summed E-state index contributed by atoms with van der Waals surface area (Å²) in [4.78, 5) is 27.7. The fourth-order valence-electron chi connectivity index (χ4n) is 6.33. The first-order valence-electron chi connectivity index (χ1n) is 12.1. The Morgan fingerprint density at radius 1 is 1.26 bits per heavy atom. The molecule has 9 heteroatoms. The number of fused-ring (bicyclic) bond motifs is 3. The molecule has 0 aromatic heterocycles. The van der Waals surface area contributed by atoms with Crippen LogP contribution in [0.1, 0.15) is 49.8 Å². The number of aromatic hydroxyl groups is 1. The smallest absolute Gasteiger partial charge is 0.250 e. The van der Waals surface area contributed by atoms with Crippen molar-refractivity contribution < 1.29 is 30.0 Å². The molecule has 0 bridgehead atoms. The first-order valence-corrected chi connectivity index (χ1v) is 12.1. The molecule has 0 heterocycles. The number of phenols is 1. The Morgan fingerprint density at radius 2 is 1.94 bits per heavy atom. The zero-order chi connectivity index (χ0) is 25.8. The standard InChI is InChI=1S/C26H35N3O6/c1-5-6-28-11-14-9-16(29(3)4)15-8-12-7-13-10-17(30)21(25(27)34)26(2,35)20(13)24(33)18(12)23(32)19(15)22(14)31/h9,12-13,20,28,30-32,35H,5-8,10-11H2,1-4H3,(H2,27,34)/t12?,13?,20?,26-/m1/s1. The van der Waals surface area contributed by atoms with Crippen LogP contribution in [0.2, 0.25) is 0 Å². The average molecular weight is 486 g/mol. The van der Waals surface area contributed by atoms with Crippen molar-refractivity contribution in [3.05, 3.63) is 39.7 Å². The maximum Gasteiger partial charge on any atom is 0.250 e. The number of allylic oxidation sites excluding steroid dienone is 2. The average Bonchev–Trinajstić information content (AvgIpc) is 2.73. The molecule has 4 rings (SSSR count). The van der Waals surface area contributed by atoms with Crippen LogP contribution in [0.15, 0.2) is 23.0 Å². The lowest BCUT2D eigenvalue weighted by Gasteiger charge is -2.48. The Balaban J connectivity index is 1.86. The number of aliphatic hydroxyl groups is 3. The Hall–Kier alpha value is -3.04. The highest BCUT2D eigenvalue weighted by Gasteiger charge is 2.57. The zero-order valence-electron chi connectivity index (χ0n) is 20.7. The molecular weight excluding hydrogens is 450 g/mol. The molecule has 1 aromatic carbocycles. The van der Waals surface area contributed by atoms with Crippen LogP contribution in [0.3, 0.4) is 0 Å². The summed E-state index contributed by atoms with van der Waals surface area (Å²) in [5, 5.41) is 47.6. The molecule has 0 radical (unpaired) electrons. The van der Waals surface area contributed by atoms with Crippen LogP contribution in [0.25, 0.3) is 5.76 Å². The molecule has 1 aromatic rings. The van der Waals surface area contributed by atoms with Gasteiger partial charge in [0, 0.05) is 43.9 Å². The molecule has 1 fully saturated rings. The highest BCUT2D eigenvalue weighted by molar-refractivity contribution is 6.08. The minimum absolute atomic E-state index is 0.0516. The summed E-state index contributed by atoms with van der Waals surface area (Å²) in [6, 6.07) is 1.90. The normalized spacial score (nSPS) is 27.9. The molecule has 0 spiro atoms. The van der Waals surface area contributed by atoms with E-state index in [9.17, 15) is 30.0 Å². The number of benzene rings is 1. The molecule has 4 atom stereocenters. The van der Waals surface area contributed by atoms with Gasteiger partial charge >= 0.3 is 0 Å². The van der Waals surface area contributed by atoms with Crippen molar-refractivity contribution in [2.75, 3.05) is 25.5 Å². The Morgan fingerprint density at radius 3 is 2.54 bits per heavy atom. The highest BCUT2D eigenvalue weighted by atomic mass is 16.3. The number of anilines is 1. The summed E-state index contributed by atoms with van der Waals surface area (Å²) in [7, 11) is 3.78. The maximum atomic E-state index is 13.8. The van der Waals surface area contributed by atoms with Gasteiger partial charge in [0.15, 0.2) is 5.78 Å². The number of aliphatic hydroxyl groups excluding tert-OH is 2.